The number of hydrogen-bond acceptors (Lipinski definition) is 5. The molecule has 4 rings (SSSR count). The molecule has 1 heterocycles. The summed E-state index contributed by atoms with van der Waals surface area (Å²) in [4.78, 5) is 16.9. The first-order valence-electron chi connectivity index (χ1n) is 8.74. The van der Waals surface area contributed by atoms with E-state index in [-0.39, 0.29) is 30.3 Å². The Bertz CT molecular complexity index is 761. The number of aromatic amines is 1. The molecule has 2 aliphatic rings. The Morgan fingerprint density at radius 2 is 2.04 bits per heavy atom. The van der Waals surface area contributed by atoms with Crippen molar-refractivity contribution in [2.24, 2.45) is 23.5 Å². The Kier molecular flexibility index (Phi) is 5.48. The molecule has 2 fully saturated rings. The van der Waals surface area contributed by atoms with Gasteiger partial charge in [0.15, 0.2) is 5.82 Å². The molecular weight excluding hydrogens is 354 g/mol. The number of hydrogen-bond donors (Lipinski definition) is 3. The van der Waals surface area contributed by atoms with E-state index in [2.05, 4.69) is 20.5 Å². The molecule has 2 aromatic rings. The highest BCUT2D eigenvalue weighted by Gasteiger charge is 2.48. The van der Waals surface area contributed by atoms with E-state index in [1.165, 1.54) is 6.42 Å². The van der Waals surface area contributed by atoms with Crippen LogP contribution in [0, 0.1) is 17.8 Å². The number of nitrogens with two attached hydrogens (primary N) is 1. The number of H-pyrrole nitrogens is 1. The summed E-state index contributed by atoms with van der Waals surface area (Å²) < 4.78 is 5.15. The number of fused-ring (bicyclic) bond motifs is 2. The summed E-state index contributed by atoms with van der Waals surface area (Å²) in [5.41, 5.74) is 7.12. The molecule has 1 aromatic carbocycles. The van der Waals surface area contributed by atoms with Crippen molar-refractivity contribution in [2.75, 3.05) is 7.11 Å². The van der Waals surface area contributed by atoms with Crippen LogP contribution in [-0.4, -0.2) is 34.2 Å². The largest absolute Gasteiger partial charge is 0.497 e. The number of ether oxygens (including phenoxy) is 1. The normalized spacial score (nSPS) is 26.4. The van der Waals surface area contributed by atoms with E-state index < -0.39 is 0 Å². The average molecular weight is 378 g/mol. The van der Waals surface area contributed by atoms with E-state index in [4.69, 9.17) is 10.5 Å². The topological polar surface area (TPSA) is 106 Å². The molecule has 4 N–H and O–H groups in total. The predicted octanol–water partition coefficient (Wildman–Crippen LogP) is 1.89. The molecular formula is C18H24ClN5O2. The number of benzene rings is 1. The van der Waals surface area contributed by atoms with Gasteiger partial charge in [0.1, 0.15) is 11.6 Å². The molecule has 0 spiro atoms. The maximum atomic E-state index is 12.5. The molecule has 7 nitrogen and oxygen atoms in total. The molecule has 0 saturated heterocycles. The quantitative estimate of drug-likeness (QED) is 0.737. The molecule has 1 amide bonds. The number of halogens is 1. The highest BCUT2D eigenvalue weighted by molar-refractivity contribution is 5.85. The number of nitrogens with one attached hydrogen (secondary N) is 2. The van der Waals surface area contributed by atoms with Crippen molar-refractivity contribution in [1.29, 1.82) is 0 Å². The van der Waals surface area contributed by atoms with Gasteiger partial charge in [-0.3, -0.25) is 9.89 Å². The summed E-state index contributed by atoms with van der Waals surface area (Å²) >= 11 is 0. The Hall–Kier alpha value is -2.12. The average Bonchev–Trinajstić information content (AvgIpc) is 3.36. The number of aromatic nitrogens is 3. The van der Waals surface area contributed by atoms with Crippen LogP contribution in [0.1, 0.15) is 25.1 Å². The number of rotatable bonds is 5. The molecule has 0 radical (unpaired) electrons. The fourth-order valence-corrected chi connectivity index (χ4v) is 4.26. The van der Waals surface area contributed by atoms with Crippen LogP contribution in [0.5, 0.6) is 5.75 Å². The van der Waals surface area contributed by atoms with Gasteiger partial charge < -0.3 is 15.8 Å². The molecule has 4 unspecified atom stereocenters. The number of methoxy groups -OCH3 is 1. The van der Waals surface area contributed by atoms with Crippen LogP contribution in [0.3, 0.4) is 0 Å². The van der Waals surface area contributed by atoms with Gasteiger partial charge in [-0.25, -0.2) is 4.98 Å². The highest BCUT2D eigenvalue weighted by atomic mass is 35.5. The maximum Gasteiger partial charge on any atom is 0.225 e. The molecule has 26 heavy (non-hydrogen) atoms. The van der Waals surface area contributed by atoms with Gasteiger partial charge >= 0.3 is 0 Å². The maximum absolute atomic E-state index is 12.5. The van der Waals surface area contributed by atoms with Gasteiger partial charge in [-0.05, 0) is 55.4 Å². The number of carbonyl (C=O) groups is 1. The molecule has 0 aliphatic heterocycles. The van der Waals surface area contributed by atoms with Crippen LogP contribution in [-0.2, 0) is 11.3 Å². The van der Waals surface area contributed by atoms with Gasteiger partial charge in [0.05, 0.1) is 19.6 Å². The first-order chi connectivity index (χ1) is 12.2. The van der Waals surface area contributed by atoms with E-state index in [9.17, 15) is 4.79 Å². The Balaban J connectivity index is 0.00000196. The van der Waals surface area contributed by atoms with E-state index in [0.29, 0.717) is 30.0 Å². The molecule has 8 heteroatoms. The lowest BCUT2D eigenvalue weighted by molar-refractivity contribution is -0.127. The predicted molar refractivity (Wildman–Crippen MR) is 99.8 cm³/mol. The second kappa shape index (κ2) is 7.63. The van der Waals surface area contributed by atoms with Crippen LogP contribution in [0.25, 0.3) is 11.4 Å². The Labute approximate surface area is 158 Å². The minimum absolute atomic E-state index is 0. The van der Waals surface area contributed by atoms with Crippen LogP contribution in [0.4, 0.5) is 0 Å². The van der Waals surface area contributed by atoms with Gasteiger partial charge in [-0.1, -0.05) is 0 Å². The van der Waals surface area contributed by atoms with Crippen LogP contribution >= 0.6 is 12.4 Å². The molecule has 1 aromatic heterocycles. The van der Waals surface area contributed by atoms with Crippen molar-refractivity contribution in [2.45, 2.75) is 31.8 Å². The van der Waals surface area contributed by atoms with E-state index in [1.54, 1.807) is 7.11 Å². The zero-order valence-electron chi connectivity index (χ0n) is 14.6. The lowest BCUT2D eigenvalue weighted by Gasteiger charge is -2.26. The van der Waals surface area contributed by atoms with Crippen LogP contribution in [0.15, 0.2) is 24.3 Å². The summed E-state index contributed by atoms with van der Waals surface area (Å²) in [6.07, 6.45) is 3.40. The number of nitrogens with zero attached hydrogens (tertiary/aromatic N) is 2. The van der Waals surface area contributed by atoms with Gasteiger partial charge in [-0.2, -0.15) is 5.10 Å². The van der Waals surface area contributed by atoms with Crippen molar-refractivity contribution in [1.82, 2.24) is 20.5 Å². The van der Waals surface area contributed by atoms with Gasteiger partial charge in [0.25, 0.3) is 0 Å². The standard InChI is InChI=1S/C18H23N5O2.ClH/c1-25-13-6-4-10(5-7-13)17-21-14(22-23-17)9-20-18(24)15-11-2-3-12(8-11)16(15)19;/h4-7,11-12,15-16H,2-3,8-9,19H2,1H3,(H,20,24)(H,21,22,23);1H. The minimum atomic E-state index is -0.0530. The van der Waals surface area contributed by atoms with Crippen molar-refractivity contribution in [3.8, 4) is 17.1 Å². The van der Waals surface area contributed by atoms with Crippen LogP contribution < -0.4 is 15.8 Å². The van der Waals surface area contributed by atoms with E-state index in [0.717, 1.165) is 24.2 Å². The monoisotopic (exact) mass is 377 g/mol. The van der Waals surface area contributed by atoms with Gasteiger partial charge in [0.2, 0.25) is 5.91 Å². The molecule has 140 valence electrons. The fraction of sp³-hybridized carbons (Fsp3) is 0.500. The fourth-order valence-electron chi connectivity index (χ4n) is 4.26. The lowest BCUT2D eigenvalue weighted by Crippen LogP contribution is -2.45. The lowest BCUT2D eigenvalue weighted by atomic mass is 9.84. The summed E-state index contributed by atoms with van der Waals surface area (Å²) in [6.45, 7) is 0.336. The van der Waals surface area contributed by atoms with Crippen molar-refractivity contribution in [3.63, 3.8) is 0 Å². The minimum Gasteiger partial charge on any atom is -0.497 e. The van der Waals surface area contributed by atoms with Crippen LogP contribution in [0.2, 0.25) is 0 Å². The van der Waals surface area contributed by atoms with Gasteiger partial charge in [0, 0.05) is 11.6 Å². The summed E-state index contributed by atoms with van der Waals surface area (Å²) in [7, 11) is 1.63. The summed E-state index contributed by atoms with van der Waals surface area (Å²) in [5.74, 6) is 2.98. The smallest absolute Gasteiger partial charge is 0.225 e. The summed E-state index contributed by atoms with van der Waals surface area (Å²) in [5, 5.41) is 10.1. The summed E-state index contributed by atoms with van der Waals surface area (Å²) in [6, 6.07) is 7.54. The van der Waals surface area contributed by atoms with E-state index >= 15 is 0 Å². The first kappa shape index (κ1) is 18.7. The van der Waals surface area contributed by atoms with Gasteiger partial charge in [-0.15, -0.1) is 12.4 Å². The van der Waals surface area contributed by atoms with Crippen molar-refractivity contribution < 1.29 is 9.53 Å². The Morgan fingerprint density at radius 3 is 2.69 bits per heavy atom. The SMILES string of the molecule is COc1ccc(-c2n[nH]c(CNC(=O)C3C4CCC(C4)C3N)n2)cc1.Cl. The van der Waals surface area contributed by atoms with Crippen molar-refractivity contribution in [3.05, 3.63) is 30.1 Å². The molecule has 2 bridgehead atoms. The molecule has 2 aliphatic carbocycles. The zero-order valence-corrected chi connectivity index (χ0v) is 15.5. The first-order valence-corrected chi connectivity index (χ1v) is 8.74. The number of carbonyl (C=O) groups excluding carboxylic acids is 1. The van der Waals surface area contributed by atoms with Crippen molar-refractivity contribution >= 4 is 18.3 Å². The number of amides is 1. The molecule has 2 saturated carbocycles. The molecule has 4 atom stereocenters. The van der Waals surface area contributed by atoms with E-state index in [1.807, 2.05) is 24.3 Å². The zero-order chi connectivity index (χ0) is 17.4. The second-order valence-electron chi connectivity index (χ2n) is 6.99. The third kappa shape index (κ3) is 3.41. The Morgan fingerprint density at radius 1 is 1.31 bits per heavy atom. The third-order valence-corrected chi connectivity index (χ3v) is 5.59. The second-order valence-corrected chi connectivity index (χ2v) is 6.99. The third-order valence-electron chi connectivity index (χ3n) is 5.59. The highest BCUT2D eigenvalue weighted by Crippen LogP contribution is 2.47.